The van der Waals surface area contributed by atoms with Crippen molar-refractivity contribution in [3.63, 3.8) is 0 Å². The summed E-state index contributed by atoms with van der Waals surface area (Å²) in [6, 6.07) is 0. The molecule has 2 N–H and O–H groups in total. The average molecular weight is 265 g/mol. The van der Waals surface area contributed by atoms with Crippen LogP contribution in [0.15, 0.2) is 0 Å². The monoisotopic (exact) mass is 265 g/mol. The van der Waals surface area contributed by atoms with Gasteiger partial charge in [-0.1, -0.05) is 0 Å². The second-order valence-corrected chi connectivity index (χ2v) is 3.83. The van der Waals surface area contributed by atoms with Crippen molar-refractivity contribution in [2.75, 3.05) is 12.3 Å². The summed E-state index contributed by atoms with van der Waals surface area (Å²) >= 11 is 0. The number of nitrogens with two attached hydrogens (primary N) is 1. The number of hydrogen-bond donors (Lipinski definition) is 1. The maximum Gasteiger partial charge on any atom is 0.389 e. The van der Waals surface area contributed by atoms with E-state index in [-0.39, 0.29) is 24.4 Å². The van der Waals surface area contributed by atoms with Gasteiger partial charge in [0.15, 0.2) is 5.69 Å². The molecule has 1 heterocycles. The van der Waals surface area contributed by atoms with Gasteiger partial charge in [-0.15, -0.1) is 0 Å². The summed E-state index contributed by atoms with van der Waals surface area (Å²) in [6.07, 6.45) is -5.50. The highest BCUT2D eigenvalue weighted by atomic mass is 19.4. The van der Waals surface area contributed by atoms with Gasteiger partial charge in [-0.25, -0.2) is 4.79 Å². The molecule has 0 saturated heterocycles. The first-order chi connectivity index (χ1) is 8.22. The number of anilines is 1. The summed E-state index contributed by atoms with van der Waals surface area (Å²) in [7, 11) is 1.51. The van der Waals surface area contributed by atoms with Crippen LogP contribution in [0.2, 0.25) is 0 Å². The van der Waals surface area contributed by atoms with Gasteiger partial charge in [-0.2, -0.15) is 18.3 Å². The number of halogens is 3. The van der Waals surface area contributed by atoms with Gasteiger partial charge in [0.1, 0.15) is 0 Å². The van der Waals surface area contributed by atoms with Crippen molar-refractivity contribution >= 4 is 11.7 Å². The molecule has 0 fully saturated rings. The minimum Gasteiger partial charge on any atom is -0.461 e. The molecular weight excluding hydrogens is 251 g/mol. The molecule has 0 unspecified atom stereocenters. The zero-order chi connectivity index (χ0) is 13.9. The molecule has 0 aliphatic heterocycles. The zero-order valence-corrected chi connectivity index (χ0v) is 10.0. The first-order valence-electron chi connectivity index (χ1n) is 5.25. The minimum absolute atomic E-state index is 0.0551. The van der Waals surface area contributed by atoms with E-state index in [1.165, 1.54) is 11.7 Å². The molecule has 1 aromatic rings. The van der Waals surface area contributed by atoms with E-state index < -0.39 is 18.6 Å². The number of carbonyl (C=O) groups excluding carboxylic acids is 1. The quantitative estimate of drug-likeness (QED) is 0.665. The SMILES string of the molecule is Cc1nn(C)c(C(=O)OCCCC(F)(F)F)c1N. The van der Waals surface area contributed by atoms with Gasteiger partial charge >= 0.3 is 12.1 Å². The zero-order valence-electron chi connectivity index (χ0n) is 10.0. The number of nitrogens with zero attached hydrogens (tertiary/aromatic N) is 2. The Morgan fingerprint density at radius 1 is 1.50 bits per heavy atom. The van der Waals surface area contributed by atoms with Gasteiger partial charge in [-0.05, 0) is 13.3 Å². The van der Waals surface area contributed by atoms with E-state index in [1.807, 2.05) is 0 Å². The first-order valence-corrected chi connectivity index (χ1v) is 5.25. The van der Waals surface area contributed by atoms with Crippen LogP contribution in [0.3, 0.4) is 0 Å². The van der Waals surface area contributed by atoms with Crippen molar-refractivity contribution in [1.29, 1.82) is 0 Å². The van der Waals surface area contributed by atoms with E-state index in [0.29, 0.717) is 5.69 Å². The molecule has 0 aromatic carbocycles. The van der Waals surface area contributed by atoms with Gasteiger partial charge in [0.25, 0.3) is 0 Å². The second-order valence-electron chi connectivity index (χ2n) is 3.83. The molecule has 0 radical (unpaired) electrons. The number of ether oxygens (including phenoxy) is 1. The fourth-order valence-corrected chi connectivity index (χ4v) is 1.42. The summed E-state index contributed by atoms with van der Waals surface area (Å²) in [6.45, 7) is 1.32. The Morgan fingerprint density at radius 3 is 2.56 bits per heavy atom. The van der Waals surface area contributed by atoms with Gasteiger partial charge in [-0.3, -0.25) is 4.68 Å². The molecule has 0 spiro atoms. The van der Waals surface area contributed by atoms with Crippen molar-refractivity contribution in [2.24, 2.45) is 7.05 Å². The van der Waals surface area contributed by atoms with E-state index in [2.05, 4.69) is 5.10 Å². The third kappa shape index (κ3) is 3.64. The van der Waals surface area contributed by atoms with E-state index >= 15 is 0 Å². The normalized spacial score (nSPS) is 11.6. The molecule has 1 aromatic heterocycles. The maximum absolute atomic E-state index is 11.9. The van der Waals surface area contributed by atoms with Crippen molar-refractivity contribution in [1.82, 2.24) is 9.78 Å². The first kappa shape index (κ1) is 14.3. The summed E-state index contributed by atoms with van der Waals surface area (Å²) < 4.78 is 41.5. The Kier molecular flexibility index (Phi) is 4.20. The van der Waals surface area contributed by atoms with Crippen LogP contribution in [-0.4, -0.2) is 28.5 Å². The summed E-state index contributed by atoms with van der Waals surface area (Å²) in [5.74, 6) is -0.766. The number of nitrogen functional groups attached to an aromatic ring is 1. The minimum atomic E-state index is -4.24. The topological polar surface area (TPSA) is 70.1 Å². The van der Waals surface area contributed by atoms with Crippen LogP contribution < -0.4 is 5.73 Å². The van der Waals surface area contributed by atoms with Crippen LogP contribution in [0, 0.1) is 6.92 Å². The summed E-state index contributed by atoms with van der Waals surface area (Å²) in [5.41, 5.74) is 6.32. The van der Waals surface area contributed by atoms with Gasteiger partial charge < -0.3 is 10.5 Å². The molecule has 0 bridgehead atoms. The molecule has 102 valence electrons. The predicted molar refractivity (Wildman–Crippen MR) is 57.9 cm³/mol. The van der Waals surface area contributed by atoms with Crippen LogP contribution in [0.4, 0.5) is 18.9 Å². The molecular formula is C10H14F3N3O2. The van der Waals surface area contributed by atoms with Crippen LogP contribution in [-0.2, 0) is 11.8 Å². The Labute approximate surface area is 102 Å². The lowest BCUT2D eigenvalue weighted by Crippen LogP contribution is -2.15. The van der Waals surface area contributed by atoms with E-state index in [9.17, 15) is 18.0 Å². The number of rotatable bonds is 4. The Bertz CT molecular complexity index is 440. The molecule has 8 heteroatoms. The highest BCUT2D eigenvalue weighted by Crippen LogP contribution is 2.21. The number of hydrogen-bond acceptors (Lipinski definition) is 4. The Balaban J connectivity index is 2.51. The molecule has 1 rings (SSSR count). The highest BCUT2D eigenvalue weighted by Gasteiger charge is 2.26. The molecule has 18 heavy (non-hydrogen) atoms. The lowest BCUT2D eigenvalue weighted by atomic mass is 10.3. The number of carbonyl (C=O) groups is 1. The fraction of sp³-hybridized carbons (Fsp3) is 0.600. The second kappa shape index (κ2) is 5.28. The molecule has 0 atom stereocenters. The lowest BCUT2D eigenvalue weighted by Gasteiger charge is -2.07. The van der Waals surface area contributed by atoms with Gasteiger partial charge in [0.2, 0.25) is 0 Å². The summed E-state index contributed by atoms with van der Waals surface area (Å²) in [4.78, 5) is 11.6. The molecule has 0 aliphatic rings. The van der Waals surface area contributed by atoms with Gasteiger partial charge in [0, 0.05) is 13.5 Å². The van der Waals surface area contributed by atoms with Crippen molar-refractivity contribution < 1.29 is 22.7 Å². The summed E-state index contributed by atoms with van der Waals surface area (Å²) in [5, 5.41) is 3.91. The smallest absolute Gasteiger partial charge is 0.389 e. The molecule has 0 amide bonds. The molecule has 5 nitrogen and oxygen atoms in total. The molecule has 0 aliphatic carbocycles. The van der Waals surface area contributed by atoms with Crippen LogP contribution in [0.5, 0.6) is 0 Å². The number of aryl methyl sites for hydroxylation is 2. The van der Waals surface area contributed by atoms with E-state index in [4.69, 9.17) is 10.5 Å². The third-order valence-electron chi connectivity index (χ3n) is 2.30. The number of aromatic nitrogens is 2. The van der Waals surface area contributed by atoms with Crippen molar-refractivity contribution in [3.8, 4) is 0 Å². The van der Waals surface area contributed by atoms with Gasteiger partial charge in [0.05, 0.1) is 18.0 Å². The Morgan fingerprint density at radius 2 is 2.11 bits per heavy atom. The maximum atomic E-state index is 11.9. The van der Waals surface area contributed by atoms with Crippen LogP contribution >= 0.6 is 0 Å². The van der Waals surface area contributed by atoms with Crippen LogP contribution in [0.1, 0.15) is 29.0 Å². The highest BCUT2D eigenvalue weighted by molar-refractivity contribution is 5.93. The lowest BCUT2D eigenvalue weighted by molar-refractivity contribution is -0.137. The number of alkyl halides is 3. The average Bonchev–Trinajstić information content (AvgIpc) is 2.47. The van der Waals surface area contributed by atoms with E-state index in [1.54, 1.807) is 6.92 Å². The fourth-order valence-electron chi connectivity index (χ4n) is 1.42. The largest absolute Gasteiger partial charge is 0.461 e. The third-order valence-corrected chi connectivity index (χ3v) is 2.30. The standard InChI is InChI=1S/C10H14F3N3O2/c1-6-7(14)8(16(2)15-6)9(17)18-5-3-4-10(11,12)13/h3-5,14H2,1-2H3. The number of esters is 1. The van der Waals surface area contributed by atoms with E-state index in [0.717, 1.165) is 0 Å². The molecule has 0 saturated carbocycles. The van der Waals surface area contributed by atoms with Crippen molar-refractivity contribution in [3.05, 3.63) is 11.4 Å². The van der Waals surface area contributed by atoms with Crippen LogP contribution in [0.25, 0.3) is 0 Å². The van der Waals surface area contributed by atoms with Crippen molar-refractivity contribution in [2.45, 2.75) is 25.9 Å². The Hall–Kier alpha value is -1.73. The predicted octanol–water partition coefficient (Wildman–Crippen LogP) is 1.81.